The summed E-state index contributed by atoms with van der Waals surface area (Å²) in [6, 6.07) is 9.28. The molecule has 176 valence electrons. The minimum atomic E-state index is -0.641. The van der Waals surface area contributed by atoms with Gasteiger partial charge in [0.05, 0.1) is 17.6 Å². The van der Waals surface area contributed by atoms with Crippen molar-refractivity contribution < 1.29 is 9.59 Å². The normalized spacial score (nSPS) is 28.4. The number of carbonyl (C=O) groups excluding carboxylic acids is 2. The van der Waals surface area contributed by atoms with Gasteiger partial charge < -0.3 is 5.32 Å². The first-order valence-electron chi connectivity index (χ1n) is 12.2. The van der Waals surface area contributed by atoms with Gasteiger partial charge in [-0.25, -0.2) is 10.4 Å². The number of amides is 2. The zero-order valence-corrected chi connectivity index (χ0v) is 20.1. The Morgan fingerprint density at radius 1 is 1.15 bits per heavy atom. The molecule has 2 heterocycles. The lowest BCUT2D eigenvalue weighted by Crippen LogP contribution is -2.56. The van der Waals surface area contributed by atoms with Crippen molar-refractivity contribution in [3.05, 3.63) is 47.6 Å². The van der Waals surface area contributed by atoms with Crippen LogP contribution in [0.5, 0.6) is 0 Å². The minimum Gasteiger partial charge on any atom is -0.344 e. The third-order valence-corrected chi connectivity index (χ3v) is 8.73. The van der Waals surface area contributed by atoms with E-state index in [0.29, 0.717) is 17.8 Å². The van der Waals surface area contributed by atoms with Crippen LogP contribution in [0, 0.1) is 23.2 Å². The first-order chi connectivity index (χ1) is 16.5. The SMILES string of the molecule is C[C@H](NC(=O)C12CC3CC(CC(C3)C1)C2)C(=O)N/N=C\c1c(-c2ccccc2)nc2sccn12. The molecule has 1 aromatic carbocycles. The summed E-state index contributed by atoms with van der Waals surface area (Å²) in [5.41, 5.74) is 4.95. The van der Waals surface area contributed by atoms with Crippen LogP contribution in [0.1, 0.15) is 51.1 Å². The Labute approximate surface area is 202 Å². The highest BCUT2D eigenvalue weighted by Crippen LogP contribution is 2.60. The zero-order valence-electron chi connectivity index (χ0n) is 19.2. The second-order valence-electron chi connectivity index (χ2n) is 10.4. The van der Waals surface area contributed by atoms with Gasteiger partial charge in [0.15, 0.2) is 4.96 Å². The first-order valence-corrected chi connectivity index (χ1v) is 13.0. The van der Waals surface area contributed by atoms with E-state index in [1.54, 1.807) is 24.5 Å². The number of rotatable bonds is 6. The number of thiazole rings is 1. The van der Waals surface area contributed by atoms with Crippen molar-refractivity contribution in [2.75, 3.05) is 0 Å². The van der Waals surface area contributed by atoms with Crippen LogP contribution >= 0.6 is 11.3 Å². The Bertz CT molecular complexity index is 1230. The molecule has 4 aliphatic carbocycles. The number of nitrogens with one attached hydrogen (secondary N) is 2. The molecule has 1 atom stereocenters. The van der Waals surface area contributed by atoms with Crippen LogP contribution in [0.4, 0.5) is 0 Å². The van der Waals surface area contributed by atoms with Crippen LogP contribution < -0.4 is 10.7 Å². The van der Waals surface area contributed by atoms with Gasteiger partial charge in [-0.2, -0.15) is 5.10 Å². The van der Waals surface area contributed by atoms with Crippen molar-refractivity contribution in [3.8, 4) is 11.3 Å². The van der Waals surface area contributed by atoms with Gasteiger partial charge in [0.1, 0.15) is 6.04 Å². The third-order valence-electron chi connectivity index (χ3n) is 7.97. The van der Waals surface area contributed by atoms with Crippen molar-refractivity contribution in [2.24, 2.45) is 28.3 Å². The molecule has 0 saturated heterocycles. The molecule has 2 N–H and O–H groups in total. The summed E-state index contributed by atoms with van der Waals surface area (Å²) in [4.78, 5) is 31.6. The summed E-state index contributed by atoms with van der Waals surface area (Å²) in [5.74, 6) is 1.81. The third kappa shape index (κ3) is 3.74. The average molecular weight is 476 g/mol. The maximum Gasteiger partial charge on any atom is 0.262 e. The van der Waals surface area contributed by atoms with E-state index in [1.165, 1.54) is 19.3 Å². The lowest BCUT2D eigenvalue weighted by Gasteiger charge is -2.55. The Kier molecular flexibility index (Phi) is 5.28. The molecule has 0 unspecified atom stereocenters. The molecular weight excluding hydrogens is 446 g/mol. The molecule has 4 bridgehead atoms. The number of nitrogens with zero attached hydrogens (tertiary/aromatic N) is 3. The van der Waals surface area contributed by atoms with Crippen LogP contribution in [0.3, 0.4) is 0 Å². The molecule has 2 amide bonds. The van der Waals surface area contributed by atoms with E-state index >= 15 is 0 Å². The Hall–Kier alpha value is -3.00. The van der Waals surface area contributed by atoms with E-state index in [9.17, 15) is 9.59 Å². The van der Waals surface area contributed by atoms with Gasteiger partial charge in [-0.15, -0.1) is 11.3 Å². The van der Waals surface area contributed by atoms with E-state index in [2.05, 4.69) is 15.8 Å². The summed E-state index contributed by atoms with van der Waals surface area (Å²) in [6.45, 7) is 1.73. The van der Waals surface area contributed by atoms with Crippen molar-refractivity contribution >= 4 is 34.3 Å². The van der Waals surface area contributed by atoms with Crippen LogP contribution in [0.2, 0.25) is 0 Å². The van der Waals surface area contributed by atoms with E-state index in [-0.39, 0.29) is 17.2 Å². The summed E-state index contributed by atoms with van der Waals surface area (Å²) < 4.78 is 1.96. The maximum absolute atomic E-state index is 13.3. The summed E-state index contributed by atoms with van der Waals surface area (Å²) in [7, 11) is 0. The molecule has 3 aromatic rings. The Balaban J connectivity index is 1.13. The molecule has 4 aliphatic rings. The van der Waals surface area contributed by atoms with Crippen molar-refractivity contribution in [1.82, 2.24) is 20.1 Å². The zero-order chi connectivity index (χ0) is 23.3. The fraction of sp³-hybridized carbons (Fsp3) is 0.462. The van der Waals surface area contributed by atoms with E-state index in [1.807, 2.05) is 46.3 Å². The quantitative estimate of drug-likeness (QED) is 0.413. The number of imidazole rings is 1. The Morgan fingerprint density at radius 2 is 1.82 bits per heavy atom. The molecule has 34 heavy (non-hydrogen) atoms. The molecule has 7 rings (SSSR count). The van der Waals surface area contributed by atoms with Gasteiger partial charge in [-0.05, 0) is 63.2 Å². The maximum atomic E-state index is 13.3. The van der Waals surface area contributed by atoms with Crippen LogP contribution in [-0.2, 0) is 9.59 Å². The summed E-state index contributed by atoms with van der Waals surface area (Å²) >= 11 is 1.55. The van der Waals surface area contributed by atoms with Crippen LogP contribution in [-0.4, -0.2) is 33.5 Å². The number of hydrogen-bond acceptors (Lipinski definition) is 5. The number of aromatic nitrogens is 2. The minimum absolute atomic E-state index is 0.0559. The number of carbonyl (C=O) groups is 2. The van der Waals surface area contributed by atoms with Gasteiger partial charge >= 0.3 is 0 Å². The van der Waals surface area contributed by atoms with Crippen molar-refractivity contribution in [3.63, 3.8) is 0 Å². The lowest BCUT2D eigenvalue weighted by atomic mass is 9.49. The number of hydrogen-bond donors (Lipinski definition) is 2. The monoisotopic (exact) mass is 475 g/mol. The molecule has 0 aliphatic heterocycles. The number of benzene rings is 1. The predicted octanol–water partition coefficient (Wildman–Crippen LogP) is 4.23. The van der Waals surface area contributed by atoms with Gasteiger partial charge in [0, 0.05) is 22.6 Å². The second-order valence-corrected chi connectivity index (χ2v) is 11.3. The standard InChI is InChI=1S/C26H29N5O2S/c1-16(28-24(33)26-12-17-9-18(13-26)11-19(10-17)14-26)23(32)30-27-15-21-22(20-5-3-2-4-6-20)29-25-31(21)7-8-34-25/h2-8,15-19H,9-14H2,1H3,(H,28,33)(H,30,32)/b27-15-/t16-,17?,18?,19?,26?/m0/s1. The molecule has 8 heteroatoms. The first kappa shape index (κ1) is 21.5. The van der Waals surface area contributed by atoms with Crippen LogP contribution in [0.15, 0.2) is 47.0 Å². The van der Waals surface area contributed by atoms with Crippen molar-refractivity contribution in [2.45, 2.75) is 51.5 Å². The summed E-state index contributed by atoms with van der Waals surface area (Å²) in [5, 5.41) is 9.19. The second kappa shape index (κ2) is 8.34. The number of fused-ring (bicyclic) bond motifs is 1. The van der Waals surface area contributed by atoms with Gasteiger partial charge in [0.2, 0.25) is 5.91 Å². The molecule has 4 saturated carbocycles. The highest BCUT2D eigenvalue weighted by Gasteiger charge is 2.54. The van der Waals surface area contributed by atoms with Gasteiger partial charge in [0.25, 0.3) is 5.91 Å². The number of hydrazone groups is 1. The fourth-order valence-corrected chi connectivity index (χ4v) is 7.51. The van der Waals surface area contributed by atoms with Gasteiger partial charge in [-0.1, -0.05) is 30.3 Å². The largest absolute Gasteiger partial charge is 0.344 e. The highest BCUT2D eigenvalue weighted by molar-refractivity contribution is 7.15. The molecule has 4 fully saturated rings. The molecule has 2 aromatic heterocycles. The fourth-order valence-electron chi connectivity index (χ4n) is 6.79. The molecule has 7 nitrogen and oxygen atoms in total. The smallest absolute Gasteiger partial charge is 0.262 e. The van der Waals surface area contributed by atoms with E-state index < -0.39 is 6.04 Å². The average Bonchev–Trinajstić information content (AvgIpc) is 3.41. The van der Waals surface area contributed by atoms with E-state index in [0.717, 1.165) is 41.2 Å². The summed E-state index contributed by atoms with van der Waals surface area (Å²) in [6.07, 6.45) is 10.4. The predicted molar refractivity (Wildman–Crippen MR) is 132 cm³/mol. The lowest BCUT2D eigenvalue weighted by molar-refractivity contribution is -0.148. The highest BCUT2D eigenvalue weighted by atomic mass is 32.1. The van der Waals surface area contributed by atoms with Gasteiger partial charge in [-0.3, -0.25) is 14.0 Å². The molecule has 0 radical (unpaired) electrons. The molecular formula is C26H29N5O2S. The Morgan fingerprint density at radius 3 is 2.50 bits per heavy atom. The van der Waals surface area contributed by atoms with Crippen molar-refractivity contribution in [1.29, 1.82) is 0 Å². The van der Waals surface area contributed by atoms with Crippen LogP contribution in [0.25, 0.3) is 16.2 Å². The molecule has 0 spiro atoms. The van der Waals surface area contributed by atoms with E-state index in [4.69, 9.17) is 4.98 Å². The topological polar surface area (TPSA) is 87.9 Å².